The van der Waals surface area contributed by atoms with Crippen molar-refractivity contribution in [2.45, 2.75) is 39.3 Å². The van der Waals surface area contributed by atoms with Crippen molar-refractivity contribution in [1.29, 1.82) is 0 Å². The number of nitrogens with two attached hydrogens (primary N) is 1. The molecule has 0 bridgehead atoms. The molecule has 1 unspecified atom stereocenters. The summed E-state index contributed by atoms with van der Waals surface area (Å²) >= 11 is 0. The van der Waals surface area contributed by atoms with Gasteiger partial charge in [-0.3, -0.25) is 4.68 Å². The molecular formula is C13H23N3O2. The molecule has 0 spiro atoms. The molecule has 3 N–H and O–H groups in total. The third kappa shape index (κ3) is 2.30. The van der Waals surface area contributed by atoms with Crippen LogP contribution in [0, 0.1) is 12.3 Å². The van der Waals surface area contributed by atoms with Gasteiger partial charge in [-0.1, -0.05) is 0 Å². The van der Waals surface area contributed by atoms with Gasteiger partial charge in [0, 0.05) is 31.7 Å². The second-order valence-electron chi connectivity index (χ2n) is 5.11. The zero-order chi connectivity index (χ0) is 13.2. The van der Waals surface area contributed by atoms with E-state index in [1.165, 1.54) is 0 Å². The number of rotatable bonds is 4. The summed E-state index contributed by atoms with van der Waals surface area (Å²) in [6, 6.07) is 1.96. The van der Waals surface area contributed by atoms with Gasteiger partial charge in [-0.2, -0.15) is 5.10 Å². The predicted molar refractivity (Wildman–Crippen MR) is 69.1 cm³/mol. The Kier molecular flexibility index (Phi) is 4.04. The summed E-state index contributed by atoms with van der Waals surface area (Å²) in [5, 5.41) is 15.1. The Morgan fingerprint density at radius 1 is 1.56 bits per heavy atom. The van der Waals surface area contributed by atoms with Crippen molar-refractivity contribution in [3.63, 3.8) is 0 Å². The molecule has 0 radical (unpaired) electrons. The van der Waals surface area contributed by atoms with Crippen LogP contribution >= 0.6 is 0 Å². The number of nitrogens with zero attached hydrogens (tertiary/aromatic N) is 2. The van der Waals surface area contributed by atoms with E-state index in [2.05, 4.69) is 5.10 Å². The van der Waals surface area contributed by atoms with Gasteiger partial charge in [0.05, 0.1) is 11.4 Å². The lowest BCUT2D eigenvalue weighted by molar-refractivity contribution is -0.0613. The average molecular weight is 253 g/mol. The second kappa shape index (κ2) is 5.38. The van der Waals surface area contributed by atoms with E-state index in [0.29, 0.717) is 19.8 Å². The van der Waals surface area contributed by atoms with Crippen LogP contribution in [0.15, 0.2) is 6.07 Å². The van der Waals surface area contributed by atoms with Crippen molar-refractivity contribution < 1.29 is 9.84 Å². The minimum absolute atomic E-state index is 0.266. The zero-order valence-electron chi connectivity index (χ0n) is 11.2. The Balaban J connectivity index is 2.30. The zero-order valence-corrected chi connectivity index (χ0v) is 11.2. The molecular weight excluding hydrogens is 230 g/mol. The van der Waals surface area contributed by atoms with Crippen molar-refractivity contribution in [1.82, 2.24) is 9.78 Å². The van der Waals surface area contributed by atoms with Gasteiger partial charge in [0.1, 0.15) is 6.10 Å². The van der Waals surface area contributed by atoms with Gasteiger partial charge < -0.3 is 15.6 Å². The lowest BCUT2D eigenvalue weighted by atomic mass is 9.74. The first-order valence-corrected chi connectivity index (χ1v) is 6.63. The standard InChI is InChI=1S/C13H23N3O2/c1-3-16-11(8-10(2)15-16)12(17)13(9-14)4-6-18-7-5-13/h8,12,17H,3-7,9,14H2,1-2H3. The van der Waals surface area contributed by atoms with Crippen molar-refractivity contribution in [2.75, 3.05) is 19.8 Å². The van der Waals surface area contributed by atoms with Gasteiger partial charge in [0.15, 0.2) is 0 Å². The number of hydrogen-bond acceptors (Lipinski definition) is 4. The molecule has 1 atom stereocenters. The van der Waals surface area contributed by atoms with Gasteiger partial charge >= 0.3 is 0 Å². The van der Waals surface area contributed by atoms with Crippen LogP contribution in [-0.2, 0) is 11.3 Å². The second-order valence-corrected chi connectivity index (χ2v) is 5.11. The normalized spacial score (nSPS) is 20.9. The van der Waals surface area contributed by atoms with Crippen LogP contribution in [-0.4, -0.2) is 34.6 Å². The molecule has 1 aliphatic rings. The molecule has 2 heterocycles. The van der Waals surface area contributed by atoms with E-state index in [4.69, 9.17) is 10.5 Å². The van der Waals surface area contributed by atoms with Gasteiger partial charge in [-0.25, -0.2) is 0 Å². The van der Waals surface area contributed by atoms with E-state index in [0.717, 1.165) is 30.8 Å². The van der Waals surface area contributed by atoms with Crippen LogP contribution in [0.25, 0.3) is 0 Å². The minimum Gasteiger partial charge on any atom is -0.386 e. The van der Waals surface area contributed by atoms with Crippen LogP contribution in [0.5, 0.6) is 0 Å². The summed E-state index contributed by atoms with van der Waals surface area (Å²) < 4.78 is 7.25. The summed E-state index contributed by atoms with van der Waals surface area (Å²) in [5.41, 5.74) is 7.48. The van der Waals surface area contributed by atoms with E-state index < -0.39 is 6.10 Å². The molecule has 0 aromatic carbocycles. The Morgan fingerprint density at radius 2 is 2.22 bits per heavy atom. The molecule has 0 aliphatic carbocycles. The lowest BCUT2D eigenvalue weighted by Crippen LogP contribution is -2.42. The quantitative estimate of drug-likeness (QED) is 0.839. The first-order valence-electron chi connectivity index (χ1n) is 6.63. The van der Waals surface area contributed by atoms with Crippen LogP contribution < -0.4 is 5.73 Å². The molecule has 1 aromatic heterocycles. The largest absolute Gasteiger partial charge is 0.386 e. The summed E-state index contributed by atoms with van der Waals surface area (Å²) in [4.78, 5) is 0. The average Bonchev–Trinajstić information content (AvgIpc) is 2.79. The third-order valence-corrected chi connectivity index (χ3v) is 3.99. The monoisotopic (exact) mass is 253 g/mol. The third-order valence-electron chi connectivity index (χ3n) is 3.99. The molecule has 1 fully saturated rings. The van der Waals surface area contributed by atoms with Crippen LogP contribution in [0.3, 0.4) is 0 Å². The summed E-state index contributed by atoms with van der Waals surface area (Å²) in [5.74, 6) is 0. The first-order chi connectivity index (χ1) is 8.63. The molecule has 5 heteroatoms. The fourth-order valence-corrected chi connectivity index (χ4v) is 2.72. The minimum atomic E-state index is -0.562. The first kappa shape index (κ1) is 13.5. The molecule has 1 aliphatic heterocycles. The number of aliphatic hydroxyl groups excluding tert-OH is 1. The predicted octanol–water partition coefficient (Wildman–Crippen LogP) is 1.00. The molecule has 0 saturated carbocycles. The lowest BCUT2D eigenvalue weighted by Gasteiger charge is -2.40. The fourth-order valence-electron chi connectivity index (χ4n) is 2.72. The molecule has 0 amide bonds. The van der Waals surface area contributed by atoms with E-state index in [9.17, 15) is 5.11 Å². The molecule has 102 valence electrons. The van der Waals surface area contributed by atoms with Crippen molar-refractivity contribution in [2.24, 2.45) is 11.1 Å². The molecule has 18 heavy (non-hydrogen) atoms. The van der Waals surface area contributed by atoms with E-state index >= 15 is 0 Å². The van der Waals surface area contributed by atoms with Gasteiger partial charge in [0.2, 0.25) is 0 Å². The van der Waals surface area contributed by atoms with Gasteiger partial charge in [-0.05, 0) is 32.8 Å². The maximum Gasteiger partial charge on any atom is 0.103 e. The highest BCUT2D eigenvalue weighted by Gasteiger charge is 2.40. The summed E-state index contributed by atoms with van der Waals surface area (Å²) in [6.07, 6.45) is 1.05. The van der Waals surface area contributed by atoms with Gasteiger partial charge in [-0.15, -0.1) is 0 Å². The van der Waals surface area contributed by atoms with E-state index in [-0.39, 0.29) is 5.41 Å². The number of aromatic nitrogens is 2. The summed E-state index contributed by atoms with van der Waals surface area (Å²) in [7, 11) is 0. The topological polar surface area (TPSA) is 73.3 Å². The van der Waals surface area contributed by atoms with Crippen LogP contribution in [0.2, 0.25) is 0 Å². The van der Waals surface area contributed by atoms with Crippen molar-refractivity contribution >= 4 is 0 Å². The smallest absolute Gasteiger partial charge is 0.103 e. The summed E-state index contributed by atoms with van der Waals surface area (Å²) in [6.45, 7) is 6.56. The highest BCUT2D eigenvalue weighted by atomic mass is 16.5. The maximum atomic E-state index is 10.7. The highest BCUT2D eigenvalue weighted by molar-refractivity contribution is 5.15. The van der Waals surface area contributed by atoms with Crippen LogP contribution in [0.1, 0.15) is 37.3 Å². The molecule has 5 nitrogen and oxygen atoms in total. The Morgan fingerprint density at radius 3 is 2.78 bits per heavy atom. The van der Waals surface area contributed by atoms with Crippen molar-refractivity contribution in [3.8, 4) is 0 Å². The van der Waals surface area contributed by atoms with E-state index in [1.54, 1.807) is 0 Å². The van der Waals surface area contributed by atoms with Crippen molar-refractivity contribution in [3.05, 3.63) is 17.5 Å². The number of ether oxygens (including phenoxy) is 1. The highest BCUT2D eigenvalue weighted by Crippen LogP contribution is 2.41. The molecule has 1 aromatic rings. The number of hydrogen-bond donors (Lipinski definition) is 2. The van der Waals surface area contributed by atoms with Gasteiger partial charge in [0.25, 0.3) is 0 Å². The SMILES string of the molecule is CCn1nc(C)cc1C(O)C1(CN)CCOCC1. The fraction of sp³-hybridized carbons (Fsp3) is 0.769. The van der Waals surface area contributed by atoms with E-state index in [1.807, 2.05) is 24.6 Å². The Hall–Kier alpha value is -0.910. The maximum absolute atomic E-state index is 10.7. The Bertz CT molecular complexity index is 397. The van der Waals surface area contributed by atoms with Crippen LogP contribution in [0.4, 0.5) is 0 Å². The number of aryl methyl sites for hydroxylation is 2. The number of aliphatic hydroxyl groups is 1. The molecule has 1 saturated heterocycles. The Labute approximate surface area is 108 Å². The molecule has 2 rings (SSSR count).